The molecule has 0 radical (unpaired) electrons. The molecule has 0 bridgehead atoms. The lowest BCUT2D eigenvalue weighted by Gasteiger charge is -2.14. The van der Waals surface area contributed by atoms with Crippen LogP contribution in [0.2, 0.25) is 0 Å². The van der Waals surface area contributed by atoms with E-state index in [0.717, 1.165) is 99.0 Å². The zero-order valence-corrected chi connectivity index (χ0v) is 28.2. The number of furan rings is 2. The van der Waals surface area contributed by atoms with Crippen molar-refractivity contribution in [1.29, 1.82) is 0 Å². The van der Waals surface area contributed by atoms with Gasteiger partial charge in [0.25, 0.3) is 0 Å². The van der Waals surface area contributed by atoms with Gasteiger partial charge in [0.05, 0.1) is 27.6 Å². The van der Waals surface area contributed by atoms with Gasteiger partial charge in [-0.05, 0) is 64.9 Å². The molecule has 0 fully saturated rings. The zero-order chi connectivity index (χ0) is 34.6. The van der Waals surface area contributed by atoms with Gasteiger partial charge < -0.3 is 8.83 Å². The van der Waals surface area contributed by atoms with Crippen molar-refractivity contribution in [2.24, 2.45) is 0 Å². The number of para-hydroxylation sites is 4. The molecule has 5 nitrogen and oxygen atoms in total. The van der Waals surface area contributed by atoms with Crippen molar-refractivity contribution >= 4 is 87.4 Å². The number of nitrogens with zero attached hydrogens (tertiary/aromatic N) is 3. The van der Waals surface area contributed by atoms with Crippen LogP contribution in [0, 0.1) is 0 Å². The second kappa shape index (κ2) is 10.6. The van der Waals surface area contributed by atoms with Gasteiger partial charge in [-0.3, -0.25) is 4.57 Å². The Labute approximate surface area is 302 Å². The quantitative estimate of drug-likeness (QED) is 0.187. The molecule has 0 N–H and O–H groups in total. The van der Waals surface area contributed by atoms with Gasteiger partial charge in [-0.1, -0.05) is 115 Å². The minimum atomic E-state index is 0.601. The summed E-state index contributed by atoms with van der Waals surface area (Å²) in [5.74, 6) is 0.601. The van der Waals surface area contributed by atoms with Crippen LogP contribution in [0.4, 0.5) is 0 Å². The van der Waals surface area contributed by atoms with E-state index in [2.05, 4.69) is 138 Å². The van der Waals surface area contributed by atoms with Gasteiger partial charge in [0.2, 0.25) is 5.95 Å². The fraction of sp³-hybridized carbons (Fsp3) is 0. The van der Waals surface area contributed by atoms with Crippen molar-refractivity contribution in [3.8, 4) is 28.3 Å². The maximum Gasteiger partial charge on any atom is 0.235 e. The van der Waals surface area contributed by atoms with Gasteiger partial charge in [0.1, 0.15) is 22.3 Å². The molecular formula is C48H27N3O2. The minimum Gasteiger partial charge on any atom is -0.456 e. The molecule has 0 aliphatic heterocycles. The Morgan fingerprint density at radius 1 is 0.434 bits per heavy atom. The average Bonchev–Trinajstić information content (AvgIpc) is 3.89. The smallest absolute Gasteiger partial charge is 0.235 e. The first-order valence-corrected chi connectivity index (χ1v) is 17.8. The average molecular weight is 678 g/mol. The summed E-state index contributed by atoms with van der Waals surface area (Å²) in [6.45, 7) is 0. The molecule has 0 saturated carbocycles. The summed E-state index contributed by atoms with van der Waals surface area (Å²) in [4.78, 5) is 10.8. The molecule has 4 aromatic heterocycles. The lowest BCUT2D eigenvalue weighted by Crippen LogP contribution is -2.04. The Kier molecular flexibility index (Phi) is 5.71. The zero-order valence-electron chi connectivity index (χ0n) is 28.2. The number of aromatic nitrogens is 3. The Balaban J connectivity index is 1.24. The summed E-state index contributed by atoms with van der Waals surface area (Å²) in [5.41, 5.74) is 10.4. The van der Waals surface area contributed by atoms with Crippen LogP contribution < -0.4 is 0 Å². The standard InChI is InChI=1S/C48H27N3O2/c1-2-12-29-25-31(22-21-28(29)11-1)45-34-15-3-7-17-39(34)49-48(50-45)51-40-18-8-4-16-35(40)44-46(51)36(27-38-33-14-6-10-20-42(33)53-47(38)44)30-23-24-43-37(26-30)32-13-5-9-19-41(32)52-43/h1-27H. The molecule has 12 rings (SSSR count). The van der Waals surface area contributed by atoms with E-state index >= 15 is 0 Å². The van der Waals surface area contributed by atoms with Crippen LogP contribution >= 0.6 is 0 Å². The number of fused-ring (bicyclic) bond motifs is 12. The number of rotatable bonds is 3. The third-order valence-electron chi connectivity index (χ3n) is 10.8. The molecule has 53 heavy (non-hydrogen) atoms. The van der Waals surface area contributed by atoms with Gasteiger partial charge >= 0.3 is 0 Å². The summed E-state index contributed by atoms with van der Waals surface area (Å²) in [5, 5.41) is 9.79. The van der Waals surface area contributed by atoms with E-state index in [-0.39, 0.29) is 0 Å². The summed E-state index contributed by atoms with van der Waals surface area (Å²) in [6.07, 6.45) is 0. The van der Waals surface area contributed by atoms with Gasteiger partial charge in [-0.15, -0.1) is 0 Å². The van der Waals surface area contributed by atoms with Gasteiger partial charge in [0, 0.05) is 43.4 Å². The van der Waals surface area contributed by atoms with Crippen molar-refractivity contribution in [2.75, 3.05) is 0 Å². The van der Waals surface area contributed by atoms with Crippen LogP contribution in [0.5, 0.6) is 0 Å². The highest BCUT2D eigenvalue weighted by Crippen LogP contribution is 2.46. The normalized spacial score (nSPS) is 12.2. The van der Waals surface area contributed by atoms with Crippen molar-refractivity contribution in [1.82, 2.24) is 14.5 Å². The second-order valence-electron chi connectivity index (χ2n) is 13.7. The van der Waals surface area contributed by atoms with Crippen molar-refractivity contribution in [3.05, 3.63) is 164 Å². The molecule has 0 amide bonds. The molecule has 8 aromatic carbocycles. The van der Waals surface area contributed by atoms with Crippen molar-refractivity contribution < 1.29 is 8.83 Å². The maximum absolute atomic E-state index is 6.76. The summed E-state index contributed by atoms with van der Waals surface area (Å²) >= 11 is 0. The molecule has 12 aromatic rings. The van der Waals surface area contributed by atoms with Crippen molar-refractivity contribution in [2.45, 2.75) is 0 Å². The lowest BCUT2D eigenvalue weighted by atomic mass is 9.97. The van der Waals surface area contributed by atoms with E-state index in [9.17, 15) is 0 Å². The van der Waals surface area contributed by atoms with Crippen molar-refractivity contribution in [3.63, 3.8) is 0 Å². The molecule has 246 valence electrons. The SMILES string of the molecule is c1ccc2cc(-c3nc(-n4c5ccccc5c5c6oc7ccccc7c6cc(-c6ccc7oc8ccccc8c7c6)c54)nc4ccccc34)ccc2c1. The Morgan fingerprint density at radius 3 is 1.96 bits per heavy atom. The van der Waals surface area contributed by atoms with Gasteiger partial charge in [-0.25, -0.2) is 9.97 Å². The molecule has 5 heteroatoms. The van der Waals surface area contributed by atoms with Crippen LogP contribution in [0.1, 0.15) is 0 Å². The Morgan fingerprint density at radius 2 is 1.09 bits per heavy atom. The molecule has 0 atom stereocenters. The predicted octanol–water partition coefficient (Wildman–Crippen LogP) is 13.0. The van der Waals surface area contributed by atoms with E-state index < -0.39 is 0 Å². The second-order valence-corrected chi connectivity index (χ2v) is 13.7. The first-order chi connectivity index (χ1) is 26.3. The molecule has 0 aliphatic rings. The summed E-state index contributed by atoms with van der Waals surface area (Å²) in [7, 11) is 0. The third kappa shape index (κ3) is 4.07. The summed E-state index contributed by atoms with van der Waals surface area (Å²) in [6, 6.07) is 57.2. The monoisotopic (exact) mass is 677 g/mol. The first kappa shape index (κ1) is 28.5. The van der Waals surface area contributed by atoms with Gasteiger partial charge in [0.15, 0.2) is 0 Å². The number of hydrogen-bond acceptors (Lipinski definition) is 4. The van der Waals surface area contributed by atoms with Crippen LogP contribution in [0.15, 0.2) is 173 Å². The fourth-order valence-electron chi connectivity index (χ4n) is 8.37. The highest BCUT2D eigenvalue weighted by atomic mass is 16.3. The maximum atomic E-state index is 6.76. The third-order valence-corrected chi connectivity index (χ3v) is 10.8. The highest BCUT2D eigenvalue weighted by Gasteiger charge is 2.25. The van der Waals surface area contributed by atoms with E-state index in [1.807, 2.05) is 30.3 Å². The Hall–Kier alpha value is -7.24. The number of benzene rings is 8. The van der Waals surface area contributed by atoms with E-state index in [1.54, 1.807) is 0 Å². The number of hydrogen-bond donors (Lipinski definition) is 0. The molecule has 0 saturated heterocycles. The predicted molar refractivity (Wildman–Crippen MR) is 217 cm³/mol. The van der Waals surface area contributed by atoms with E-state index in [0.29, 0.717) is 5.95 Å². The Bertz CT molecular complexity index is 3480. The van der Waals surface area contributed by atoms with Crippen LogP contribution in [-0.4, -0.2) is 14.5 Å². The van der Waals surface area contributed by atoms with E-state index in [4.69, 9.17) is 18.8 Å². The highest BCUT2D eigenvalue weighted by molar-refractivity contribution is 6.27. The van der Waals surface area contributed by atoms with E-state index in [1.165, 1.54) is 10.8 Å². The van der Waals surface area contributed by atoms with Crippen LogP contribution in [0.3, 0.4) is 0 Å². The van der Waals surface area contributed by atoms with Gasteiger partial charge in [-0.2, -0.15) is 0 Å². The minimum absolute atomic E-state index is 0.601. The van der Waals surface area contributed by atoms with Crippen LogP contribution in [-0.2, 0) is 0 Å². The fourth-order valence-corrected chi connectivity index (χ4v) is 8.37. The topological polar surface area (TPSA) is 57.0 Å². The lowest BCUT2D eigenvalue weighted by molar-refractivity contribution is 0.669. The molecule has 0 unspecified atom stereocenters. The molecule has 0 spiro atoms. The first-order valence-electron chi connectivity index (χ1n) is 17.8. The molecular weight excluding hydrogens is 651 g/mol. The van der Waals surface area contributed by atoms with Crippen LogP contribution in [0.25, 0.3) is 116 Å². The summed E-state index contributed by atoms with van der Waals surface area (Å²) < 4.78 is 15.3. The molecule has 0 aliphatic carbocycles. The molecule has 4 heterocycles. The largest absolute Gasteiger partial charge is 0.456 e.